The van der Waals surface area contributed by atoms with E-state index >= 15 is 0 Å². The number of anilines is 2. The highest BCUT2D eigenvalue weighted by Crippen LogP contribution is 2.43. The van der Waals surface area contributed by atoms with Crippen LogP contribution in [-0.2, 0) is 19.1 Å². The largest absolute Gasteiger partial charge is 0.465 e. The summed E-state index contributed by atoms with van der Waals surface area (Å²) in [6.07, 6.45) is -3.30. The molecule has 0 radical (unpaired) electrons. The third kappa shape index (κ3) is 6.08. The highest BCUT2D eigenvalue weighted by Gasteiger charge is 2.39. The van der Waals surface area contributed by atoms with Gasteiger partial charge >= 0.3 is 18.3 Å². The van der Waals surface area contributed by atoms with Crippen LogP contribution < -0.4 is 14.5 Å². The van der Waals surface area contributed by atoms with Crippen LogP contribution in [0.4, 0.5) is 29.5 Å². The van der Waals surface area contributed by atoms with E-state index < -0.39 is 23.9 Å². The van der Waals surface area contributed by atoms with Crippen molar-refractivity contribution >= 4 is 29.2 Å². The van der Waals surface area contributed by atoms with Crippen molar-refractivity contribution in [2.24, 2.45) is 0 Å². The number of benzene rings is 1. The third-order valence-corrected chi connectivity index (χ3v) is 8.38. The van der Waals surface area contributed by atoms with Crippen LogP contribution in [0.3, 0.4) is 0 Å². The quantitative estimate of drug-likeness (QED) is 0.525. The summed E-state index contributed by atoms with van der Waals surface area (Å²) in [5.74, 6) is 0.569. The molecule has 14 heteroatoms. The predicted molar refractivity (Wildman–Crippen MR) is 145 cm³/mol. The van der Waals surface area contributed by atoms with Crippen molar-refractivity contribution in [2.45, 2.75) is 50.5 Å². The number of alkyl halides is 3. The zero-order valence-corrected chi connectivity index (χ0v) is 23.3. The summed E-state index contributed by atoms with van der Waals surface area (Å²) in [5.41, 5.74) is 0.419. The van der Waals surface area contributed by atoms with Crippen molar-refractivity contribution in [2.75, 3.05) is 56.2 Å². The van der Waals surface area contributed by atoms with Crippen LogP contribution in [0.1, 0.15) is 36.1 Å². The van der Waals surface area contributed by atoms with Gasteiger partial charge in [-0.1, -0.05) is 17.7 Å². The number of hydrogen-bond acceptors (Lipinski definition) is 8. The third-order valence-electron chi connectivity index (χ3n) is 8.07. The Kier molecular flexibility index (Phi) is 8.33. The topological polar surface area (TPSA) is 109 Å². The molecular weight excluding hydrogens is 563 g/mol. The summed E-state index contributed by atoms with van der Waals surface area (Å²) < 4.78 is 48.0. The van der Waals surface area contributed by atoms with E-state index in [2.05, 4.69) is 16.0 Å². The van der Waals surface area contributed by atoms with Gasteiger partial charge in [-0.2, -0.15) is 28.4 Å². The van der Waals surface area contributed by atoms with Gasteiger partial charge in [0, 0.05) is 37.8 Å². The molecule has 0 bridgehead atoms. The minimum absolute atomic E-state index is 0.0185. The van der Waals surface area contributed by atoms with Gasteiger partial charge < -0.3 is 29.4 Å². The van der Waals surface area contributed by atoms with E-state index in [1.807, 2.05) is 11.9 Å². The van der Waals surface area contributed by atoms with Crippen molar-refractivity contribution < 1.29 is 27.8 Å². The standard InChI is InChI=1S/C27H31ClF3N7O3/c1-35-10-3-4-18(35)16-41-25-33-21-15-36(22-6-2-5-20(28)23(22)27(29,30)31)11-8-19(21)24(34-25)37-12-13-38(26(39)40)17(14-37)7-9-32/h2,5-6,17-18H,3-4,7-8,10-16H2,1H3,(H,39,40)/t17-,18-/m0/s1. The average Bonchev–Trinajstić information content (AvgIpc) is 3.34. The first kappa shape index (κ1) is 29.0. The Morgan fingerprint density at radius 3 is 2.68 bits per heavy atom. The van der Waals surface area contributed by atoms with Gasteiger partial charge in [-0.15, -0.1) is 0 Å². The van der Waals surface area contributed by atoms with E-state index in [1.165, 1.54) is 23.1 Å². The number of rotatable bonds is 6. The number of fused-ring (bicyclic) bond motifs is 1. The van der Waals surface area contributed by atoms with Gasteiger partial charge in [-0.05, 0) is 45.0 Å². The van der Waals surface area contributed by atoms with Gasteiger partial charge in [-0.3, -0.25) is 0 Å². The molecule has 1 aromatic carbocycles. The number of piperazine rings is 1. The molecule has 2 fully saturated rings. The molecule has 2 atom stereocenters. The van der Waals surface area contributed by atoms with E-state index in [0.29, 0.717) is 31.1 Å². The molecule has 4 heterocycles. The highest BCUT2D eigenvalue weighted by molar-refractivity contribution is 6.31. The number of nitriles is 1. The Labute approximate surface area is 240 Å². The summed E-state index contributed by atoms with van der Waals surface area (Å²) in [6.45, 7) is 2.49. The molecule has 5 rings (SSSR count). The molecule has 0 aliphatic carbocycles. The van der Waals surface area contributed by atoms with Crippen molar-refractivity contribution in [3.63, 3.8) is 0 Å². The number of hydrogen-bond donors (Lipinski definition) is 1. The first-order chi connectivity index (χ1) is 19.6. The van der Waals surface area contributed by atoms with Gasteiger partial charge in [0.15, 0.2) is 0 Å². The smallest absolute Gasteiger partial charge is 0.419 e. The fraction of sp³-hybridized carbons (Fsp3) is 0.556. The molecule has 3 aliphatic rings. The number of amides is 1. The minimum Gasteiger partial charge on any atom is -0.465 e. The zero-order valence-electron chi connectivity index (χ0n) is 22.6. The van der Waals surface area contributed by atoms with E-state index in [0.717, 1.165) is 24.9 Å². The maximum Gasteiger partial charge on any atom is 0.419 e. The minimum atomic E-state index is -4.63. The number of carboxylic acid groups (broad SMARTS) is 1. The van der Waals surface area contributed by atoms with Gasteiger partial charge in [-0.25, -0.2) is 4.79 Å². The van der Waals surface area contributed by atoms with Gasteiger partial charge in [0.1, 0.15) is 12.4 Å². The van der Waals surface area contributed by atoms with Crippen LogP contribution in [0.5, 0.6) is 6.01 Å². The van der Waals surface area contributed by atoms with E-state index in [1.54, 1.807) is 4.90 Å². The lowest BCUT2D eigenvalue weighted by Gasteiger charge is -2.41. The van der Waals surface area contributed by atoms with Crippen LogP contribution in [0, 0.1) is 11.3 Å². The predicted octanol–water partition coefficient (Wildman–Crippen LogP) is 4.27. The SMILES string of the molecule is CN1CCC[C@H]1COc1nc2c(c(N3CCN(C(=O)O)[C@@H](CC#N)C3)n1)CCN(c1cccc(Cl)c1C(F)(F)F)C2. The van der Waals surface area contributed by atoms with Gasteiger partial charge in [0.2, 0.25) is 0 Å². The molecule has 1 N–H and O–H groups in total. The molecule has 3 aliphatic heterocycles. The van der Waals surface area contributed by atoms with Gasteiger partial charge in [0.05, 0.1) is 47.0 Å². The lowest BCUT2D eigenvalue weighted by Crippen LogP contribution is -2.55. The number of halogens is 4. The second-order valence-electron chi connectivity index (χ2n) is 10.6. The number of likely N-dealkylation sites (tertiary alicyclic amines) is 1. The molecule has 2 saturated heterocycles. The molecule has 220 valence electrons. The summed E-state index contributed by atoms with van der Waals surface area (Å²) in [5, 5.41) is 18.6. The average molecular weight is 594 g/mol. The molecule has 0 saturated carbocycles. The summed E-state index contributed by atoms with van der Waals surface area (Å²) in [4.78, 5) is 28.2. The van der Waals surface area contributed by atoms with Crippen LogP contribution >= 0.6 is 11.6 Å². The fourth-order valence-corrected chi connectivity index (χ4v) is 6.19. The number of ether oxygens (including phenoxy) is 1. The molecule has 1 aromatic heterocycles. The number of nitrogens with zero attached hydrogens (tertiary/aromatic N) is 7. The van der Waals surface area contributed by atoms with E-state index in [-0.39, 0.29) is 55.4 Å². The van der Waals surface area contributed by atoms with Crippen LogP contribution in [0.2, 0.25) is 5.02 Å². The monoisotopic (exact) mass is 593 g/mol. The van der Waals surface area contributed by atoms with Crippen molar-refractivity contribution in [3.05, 3.63) is 40.0 Å². The number of aromatic nitrogens is 2. The fourth-order valence-electron chi connectivity index (χ4n) is 5.92. The molecule has 10 nitrogen and oxygen atoms in total. The van der Waals surface area contributed by atoms with Crippen LogP contribution in [0.15, 0.2) is 18.2 Å². The highest BCUT2D eigenvalue weighted by atomic mass is 35.5. The Hall–Kier alpha value is -3.50. The number of carbonyl (C=O) groups is 1. The first-order valence-corrected chi connectivity index (χ1v) is 13.9. The summed E-state index contributed by atoms with van der Waals surface area (Å²) in [6, 6.07) is 5.98. The lowest BCUT2D eigenvalue weighted by atomic mass is 10.0. The van der Waals surface area contributed by atoms with Gasteiger partial charge in [0.25, 0.3) is 0 Å². The second-order valence-corrected chi connectivity index (χ2v) is 11.0. The first-order valence-electron chi connectivity index (χ1n) is 13.5. The molecule has 1 amide bonds. The Bertz CT molecular complexity index is 1340. The Morgan fingerprint density at radius 2 is 2.00 bits per heavy atom. The van der Waals surface area contributed by atoms with Crippen molar-refractivity contribution in [3.8, 4) is 12.1 Å². The van der Waals surface area contributed by atoms with E-state index in [4.69, 9.17) is 21.3 Å². The molecule has 0 unspecified atom stereocenters. The Morgan fingerprint density at radius 1 is 1.20 bits per heavy atom. The van der Waals surface area contributed by atoms with Crippen molar-refractivity contribution in [1.82, 2.24) is 19.8 Å². The Balaban J connectivity index is 1.49. The van der Waals surface area contributed by atoms with E-state index in [9.17, 15) is 28.3 Å². The molecule has 0 spiro atoms. The van der Waals surface area contributed by atoms with Crippen LogP contribution in [-0.4, -0.2) is 89.4 Å². The van der Waals surface area contributed by atoms with Crippen LogP contribution in [0.25, 0.3) is 0 Å². The molecular formula is C27H31ClF3N7O3. The normalized spacial score (nSPS) is 21.5. The zero-order chi connectivity index (χ0) is 29.3. The molecule has 2 aromatic rings. The second kappa shape index (κ2) is 11.8. The summed E-state index contributed by atoms with van der Waals surface area (Å²) in [7, 11) is 2.03. The molecule has 41 heavy (non-hydrogen) atoms. The number of likely N-dealkylation sites (N-methyl/N-ethyl adjacent to an activating group) is 1. The summed E-state index contributed by atoms with van der Waals surface area (Å²) >= 11 is 6.00. The maximum atomic E-state index is 14.0. The maximum absolute atomic E-state index is 14.0. The lowest BCUT2D eigenvalue weighted by molar-refractivity contribution is -0.137. The van der Waals surface area contributed by atoms with Crippen molar-refractivity contribution in [1.29, 1.82) is 5.26 Å².